The lowest BCUT2D eigenvalue weighted by atomic mass is 9.91. The van der Waals surface area contributed by atoms with Crippen molar-refractivity contribution in [3.05, 3.63) is 137 Å². The van der Waals surface area contributed by atoms with Crippen LogP contribution in [0.2, 0.25) is 0 Å². The summed E-state index contributed by atoms with van der Waals surface area (Å²) in [5.41, 5.74) is 8.25. The molecule has 188 valence electrons. The highest BCUT2D eigenvalue weighted by molar-refractivity contribution is 6.06. The van der Waals surface area contributed by atoms with Crippen LogP contribution in [0.25, 0.3) is 33.7 Å². The van der Waals surface area contributed by atoms with Crippen molar-refractivity contribution in [3.8, 4) is 11.1 Å². The number of carboxylic acids is 1. The Labute approximate surface area is 228 Å². The molecular weight excluding hydrogens is 492 g/mol. The van der Waals surface area contributed by atoms with Crippen LogP contribution in [-0.2, 0) is 13.1 Å². The summed E-state index contributed by atoms with van der Waals surface area (Å²) in [4.78, 5) is 19.8. The van der Waals surface area contributed by atoms with Crippen LogP contribution in [-0.4, -0.2) is 27.5 Å². The Balaban J connectivity index is 0.00000294. The molecule has 0 fully saturated rings. The van der Waals surface area contributed by atoms with Gasteiger partial charge < -0.3 is 5.11 Å². The second-order valence-corrected chi connectivity index (χ2v) is 9.42. The zero-order chi connectivity index (χ0) is 25.2. The van der Waals surface area contributed by atoms with Crippen molar-refractivity contribution < 1.29 is 9.90 Å². The molecule has 4 aromatic carbocycles. The highest BCUT2D eigenvalue weighted by Crippen LogP contribution is 2.35. The van der Waals surface area contributed by atoms with Crippen molar-refractivity contribution in [2.75, 3.05) is 6.54 Å². The molecule has 5 heteroatoms. The molecule has 1 aliphatic heterocycles. The number of rotatable bonds is 5. The topological polar surface area (TPSA) is 53.4 Å². The standard InChI is InChI=1S/C33H26N2O2.ClH/c36-33(37)31-28-13-7-8-14-30(28)34-32-27(21-35(22-29(31)32)20-24-9-3-1-4-10-24)19-23-15-17-26(18-16-23)25-11-5-2-6-12-25;/h1-19H,20-22H2,(H,36,37);1H. The lowest BCUT2D eigenvalue weighted by Crippen LogP contribution is -2.31. The van der Waals surface area contributed by atoms with Gasteiger partial charge in [0.15, 0.2) is 0 Å². The van der Waals surface area contributed by atoms with E-state index in [9.17, 15) is 9.90 Å². The van der Waals surface area contributed by atoms with E-state index in [0.29, 0.717) is 29.6 Å². The fourth-order valence-corrected chi connectivity index (χ4v) is 5.18. The van der Waals surface area contributed by atoms with Crippen molar-refractivity contribution in [1.82, 2.24) is 9.88 Å². The SMILES string of the molecule is Cl.O=C(O)c1c2c(nc3ccccc13)C(=Cc1ccc(-c3ccccc3)cc1)CN(Cc1ccccc1)C2. The van der Waals surface area contributed by atoms with Crippen LogP contribution < -0.4 is 0 Å². The summed E-state index contributed by atoms with van der Waals surface area (Å²) in [5.74, 6) is -0.914. The molecule has 5 aromatic rings. The Kier molecular flexibility index (Phi) is 7.36. The molecular formula is C33H27ClN2O2. The summed E-state index contributed by atoms with van der Waals surface area (Å²) in [5, 5.41) is 10.9. The van der Waals surface area contributed by atoms with E-state index in [4.69, 9.17) is 4.98 Å². The van der Waals surface area contributed by atoms with Gasteiger partial charge in [-0.1, -0.05) is 103 Å². The minimum Gasteiger partial charge on any atom is -0.478 e. The number of fused-ring (bicyclic) bond motifs is 2. The number of carbonyl (C=O) groups is 1. The van der Waals surface area contributed by atoms with E-state index in [-0.39, 0.29) is 12.4 Å². The van der Waals surface area contributed by atoms with Gasteiger partial charge in [0.2, 0.25) is 0 Å². The first-order valence-corrected chi connectivity index (χ1v) is 12.4. The molecule has 0 atom stereocenters. The van der Waals surface area contributed by atoms with Gasteiger partial charge in [-0.25, -0.2) is 9.78 Å². The third-order valence-corrected chi connectivity index (χ3v) is 6.89. The van der Waals surface area contributed by atoms with E-state index >= 15 is 0 Å². The number of halogens is 1. The first kappa shape index (κ1) is 25.4. The van der Waals surface area contributed by atoms with Gasteiger partial charge >= 0.3 is 5.97 Å². The van der Waals surface area contributed by atoms with Gasteiger partial charge in [-0.15, -0.1) is 12.4 Å². The Morgan fingerprint density at radius 3 is 2.13 bits per heavy atom. The van der Waals surface area contributed by atoms with Gasteiger partial charge in [-0.3, -0.25) is 4.90 Å². The van der Waals surface area contributed by atoms with Crippen LogP contribution in [0.4, 0.5) is 0 Å². The lowest BCUT2D eigenvalue weighted by molar-refractivity contribution is 0.0696. The number of para-hydroxylation sites is 1. The Hall–Kier alpha value is -4.25. The number of nitrogens with zero attached hydrogens (tertiary/aromatic N) is 2. The van der Waals surface area contributed by atoms with Gasteiger partial charge in [-0.2, -0.15) is 0 Å². The number of carboxylic acid groups (broad SMARTS) is 1. The first-order chi connectivity index (χ1) is 18.2. The fourth-order valence-electron chi connectivity index (χ4n) is 5.18. The van der Waals surface area contributed by atoms with Gasteiger partial charge in [0.1, 0.15) is 0 Å². The molecule has 2 heterocycles. The highest BCUT2D eigenvalue weighted by atomic mass is 35.5. The molecule has 0 bridgehead atoms. The molecule has 38 heavy (non-hydrogen) atoms. The van der Waals surface area contributed by atoms with Gasteiger partial charge in [0, 0.05) is 30.6 Å². The summed E-state index contributed by atoms with van der Waals surface area (Å²) in [7, 11) is 0. The predicted molar refractivity (Wildman–Crippen MR) is 156 cm³/mol. The van der Waals surface area contributed by atoms with Gasteiger partial charge in [0.05, 0.1) is 16.8 Å². The Bertz CT molecular complexity index is 1610. The van der Waals surface area contributed by atoms with Crippen molar-refractivity contribution in [3.63, 3.8) is 0 Å². The number of hydrogen-bond acceptors (Lipinski definition) is 3. The van der Waals surface area contributed by atoms with Gasteiger partial charge in [-0.05, 0) is 40.0 Å². The van der Waals surface area contributed by atoms with Crippen molar-refractivity contribution >= 4 is 40.9 Å². The van der Waals surface area contributed by atoms with Crippen molar-refractivity contribution in [1.29, 1.82) is 0 Å². The van der Waals surface area contributed by atoms with Crippen molar-refractivity contribution in [2.24, 2.45) is 0 Å². The van der Waals surface area contributed by atoms with E-state index < -0.39 is 5.97 Å². The van der Waals surface area contributed by atoms with Crippen LogP contribution >= 0.6 is 12.4 Å². The Morgan fingerprint density at radius 2 is 1.42 bits per heavy atom. The number of aromatic nitrogens is 1. The largest absolute Gasteiger partial charge is 0.478 e. The summed E-state index contributed by atoms with van der Waals surface area (Å²) in [6, 6.07) is 36.6. The van der Waals surface area contributed by atoms with Crippen molar-refractivity contribution in [2.45, 2.75) is 13.1 Å². The fraction of sp³-hybridized carbons (Fsp3) is 0.0909. The maximum absolute atomic E-state index is 12.5. The van der Waals surface area contributed by atoms with Crippen LogP contribution in [0.5, 0.6) is 0 Å². The lowest BCUT2D eigenvalue weighted by Gasteiger charge is -2.31. The van der Waals surface area contributed by atoms with Crippen LogP contribution in [0, 0.1) is 0 Å². The molecule has 1 aliphatic rings. The molecule has 0 saturated carbocycles. The highest BCUT2D eigenvalue weighted by Gasteiger charge is 2.28. The molecule has 1 aromatic heterocycles. The smallest absolute Gasteiger partial charge is 0.336 e. The molecule has 4 nitrogen and oxygen atoms in total. The number of pyridine rings is 1. The number of hydrogen-bond donors (Lipinski definition) is 1. The van der Waals surface area contributed by atoms with E-state index in [1.807, 2.05) is 60.7 Å². The quantitative estimate of drug-likeness (QED) is 0.260. The molecule has 0 radical (unpaired) electrons. The number of benzene rings is 4. The molecule has 0 saturated heterocycles. The monoisotopic (exact) mass is 518 g/mol. The molecule has 6 rings (SSSR count). The van der Waals surface area contributed by atoms with Crippen LogP contribution in [0.1, 0.15) is 32.7 Å². The van der Waals surface area contributed by atoms with E-state index in [2.05, 4.69) is 59.5 Å². The summed E-state index contributed by atoms with van der Waals surface area (Å²) >= 11 is 0. The van der Waals surface area contributed by atoms with E-state index in [1.54, 1.807) is 0 Å². The van der Waals surface area contributed by atoms with Crippen LogP contribution in [0.3, 0.4) is 0 Å². The zero-order valence-electron chi connectivity index (χ0n) is 20.7. The number of aromatic carboxylic acids is 1. The third kappa shape index (κ3) is 5.10. The normalized spacial score (nSPS) is 14.2. The summed E-state index contributed by atoms with van der Waals surface area (Å²) < 4.78 is 0. The molecule has 0 aliphatic carbocycles. The average Bonchev–Trinajstić information content (AvgIpc) is 2.93. The molecule has 0 spiro atoms. The zero-order valence-corrected chi connectivity index (χ0v) is 21.6. The van der Waals surface area contributed by atoms with Gasteiger partial charge in [0.25, 0.3) is 0 Å². The molecule has 1 N–H and O–H groups in total. The summed E-state index contributed by atoms with van der Waals surface area (Å²) in [6.07, 6.45) is 2.15. The third-order valence-electron chi connectivity index (χ3n) is 6.89. The first-order valence-electron chi connectivity index (χ1n) is 12.4. The maximum Gasteiger partial charge on any atom is 0.336 e. The summed E-state index contributed by atoms with van der Waals surface area (Å²) in [6.45, 7) is 1.96. The minimum absolute atomic E-state index is 0. The van der Waals surface area contributed by atoms with E-state index in [1.165, 1.54) is 11.1 Å². The second kappa shape index (κ2) is 11.0. The second-order valence-electron chi connectivity index (χ2n) is 9.42. The minimum atomic E-state index is -0.914. The van der Waals surface area contributed by atoms with E-state index in [0.717, 1.165) is 34.5 Å². The average molecular weight is 519 g/mol. The predicted octanol–water partition coefficient (Wildman–Crippen LogP) is 7.58. The molecule has 0 amide bonds. The van der Waals surface area contributed by atoms with Crippen LogP contribution in [0.15, 0.2) is 109 Å². The maximum atomic E-state index is 12.5. The molecule has 0 unspecified atom stereocenters. The Morgan fingerprint density at radius 1 is 0.789 bits per heavy atom.